The fraction of sp³-hybridized carbons (Fsp3) is 0.455. The van der Waals surface area contributed by atoms with E-state index < -0.39 is 0 Å². The summed E-state index contributed by atoms with van der Waals surface area (Å²) in [5.74, 6) is 1.85. The molecule has 1 aliphatic carbocycles. The van der Waals surface area contributed by atoms with Crippen molar-refractivity contribution in [2.75, 3.05) is 26.7 Å². The van der Waals surface area contributed by atoms with Crippen LogP contribution in [0, 0.1) is 5.92 Å². The molecule has 0 bridgehead atoms. The first-order valence-electron chi connectivity index (χ1n) is 9.75. The third kappa shape index (κ3) is 4.66. The number of likely N-dealkylation sites (tertiary alicyclic amines) is 1. The van der Waals surface area contributed by atoms with Crippen molar-refractivity contribution in [2.45, 2.75) is 31.8 Å². The van der Waals surface area contributed by atoms with Gasteiger partial charge in [0.15, 0.2) is 0 Å². The van der Waals surface area contributed by atoms with E-state index in [1.54, 1.807) is 7.11 Å². The van der Waals surface area contributed by atoms with E-state index in [0.29, 0.717) is 12.5 Å². The van der Waals surface area contributed by atoms with Gasteiger partial charge in [0.1, 0.15) is 5.75 Å². The number of aromatic nitrogens is 1. The zero-order valence-corrected chi connectivity index (χ0v) is 15.9. The van der Waals surface area contributed by atoms with Crippen molar-refractivity contribution < 1.29 is 9.53 Å². The van der Waals surface area contributed by atoms with Crippen molar-refractivity contribution >= 4 is 5.91 Å². The van der Waals surface area contributed by atoms with E-state index in [2.05, 4.69) is 22.0 Å². The second-order valence-electron chi connectivity index (χ2n) is 7.71. The summed E-state index contributed by atoms with van der Waals surface area (Å²) >= 11 is 0. The zero-order chi connectivity index (χ0) is 18.6. The van der Waals surface area contributed by atoms with Crippen LogP contribution in [0.1, 0.15) is 24.0 Å². The minimum Gasteiger partial charge on any atom is -0.497 e. The van der Waals surface area contributed by atoms with Gasteiger partial charge in [-0.3, -0.25) is 14.7 Å². The lowest BCUT2D eigenvalue weighted by atomic mass is 10.0. The quantitative estimate of drug-likeness (QED) is 0.722. The van der Waals surface area contributed by atoms with Gasteiger partial charge in [-0.25, -0.2) is 0 Å². The summed E-state index contributed by atoms with van der Waals surface area (Å²) in [6.45, 7) is 3.76. The van der Waals surface area contributed by atoms with Gasteiger partial charge in [0, 0.05) is 44.6 Å². The number of rotatable bonds is 8. The minimum absolute atomic E-state index is 0.204. The molecule has 2 fully saturated rings. The third-order valence-corrected chi connectivity index (χ3v) is 5.55. The highest BCUT2D eigenvalue weighted by atomic mass is 16.5. The Hall–Kier alpha value is -2.40. The van der Waals surface area contributed by atoms with E-state index >= 15 is 0 Å². The first-order valence-corrected chi connectivity index (χ1v) is 9.75. The van der Waals surface area contributed by atoms with Crippen LogP contribution in [0.3, 0.4) is 0 Å². The molecule has 1 aromatic carbocycles. The molecule has 27 heavy (non-hydrogen) atoms. The van der Waals surface area contributed by atoms with E-state index in [-0.39, 0.29) is 5.91 Å². The Kier molecular flexibility index (Phi) is 5.39. The summed E-state index contributed by atoms with van der Waals surface area (Å²) in [4.78, 5) is 21.3. The van der Waals surface area contributed by atoms with Crippen molar-refractivity contribution in [1.29, 1.82) is 0 Å². The summed E-state index contributed by atoms with van der Waals surface area (Å²) in [6, 6.07) is 12.4. The van der Waals surface area contributed by atoms with Crippen LogP contribution in [0.4, 0.5) is 0 Å². The van der Waals surface area contributed by atoms with Gasteiger partial charge in [0.2, 0.25) is 5.91 Å². The summed E-state index contributed by atoms with van der Waals surface area (Å²) in [7, 11) is 1.65. The number of amides is 1. The average Bonchev–Trinajstić information content (AvgIpc) is 3.45. The maximum Gasteiger partial charge on any atom is 0.227 e. The number of pyridine rings is 1. The second-order valence-corrected chi connectivity index (χ2v) is 7.71. The molecule has 1 saturated carbocycles. The molecule has 2 aromatic rings. The van der Waals surface area contributed by atoms with E-state index in [0.717, 1.165) is 43.4 Å². The van der Waals surface area contributed by atoms with Crippen LogP contribution in [0.2, 0.25) is 0 Å². The molecule has 1 amide bonds. The largest absolute Gasteiger partial charge is 0.497 e. The summed E-state index contributed by atoms with van der Waals surface area (Å²) in [6.07, 6.45) is 6.84. The molecule has 5 heteroatoms. The van der Waals surface area contributed by atoms with E-state index in [1.807, 2.05) is 41.6 Å². The lowest BCUT2D eigenvalue weighted by Crippen LogP contribution is -2.61. The van der Waals surface area contributed by atoms with Crippen molar-refractivity contribution in [2.24, 2.45) is 5.92 Å². The van der Waals surface area contributed by atoms with Crippen LogP contribution >= 0.6 is 0 Å². The van der Waals surface area contributed by atoms with Crippen LogP contribution in [0.25, 0.3) is 0 Å². The molecule has 0 spiro atoms. The maximum absolute atomic E-state index is 12.6. The van der Waals surface area contributed by atoms with Gasteiger partial charge in [-0.05, 0) is 54.2 Å². The Morgan fingerprint density at radius 3 is 2.67 bits per heavy atom. The van der Waals surface area contributed by atoms with E-state index in [4.69, 9.17) is 4.74 Å². The Balaban J connectivity index is 1.32. The van der Waals surface area contributed by atoms with Crippen LogP contribution < -0.4 is 4.74 Å². The van der Waals surface area contributed by atoms with E-state index in [9.17, 15) is 4.79 Å². The molecule has 2 heterocycles. The van der Waals surface area contributed by atoms with Gasteiger partial charge >= 0.3 is 0 Å². The van der Waals surface area contributed by atoms with Gasteiger partial charge in [0.05, 0.1) is 13.5 Å². The maximum atomic E-state index is 12.6. The normalized spacial score (nSPS) is 17.0. The Labute approximate surface area is 161 Å². The molecule has 0 unspecified atom stereocenters. The Bertz CT molecular complexity index is 770. The molecule has 1 saturated heterocycles. The predicted molar refractivity (Wildman–Crippen MR) is 104 cm³/mol. The number of carbonyl (C=O) groups excluding carboxylic acids is 1. The SMILES string of the molecule is COc1cccc(CC(=O)N2CC(N(Cc3ccncc3)CC3CC3)C2)c1. The Morgan fingerprint density at radius 1 is 1.19 bits per heavy atom. The van der Waals surface area contributed by atoms with Crippen molar-refractivity contribution in [3.05, 3.63) is 59.9 Å². The number of hydrogen-bond donors (Lipinski definition) is 0. The lowest BCUT2D eigenvalue weighted by Gasteiger charge is -2.45. The molecular formula is C22H27N3O2. The molecule has 2 aliphatic rings. The highest BCUT2D eigenvalue weighted by Crippen LogP contribution is 2.32. The number of carbonyl (C=O) groups is 1. The molecule has 0 radical (unpaired) electrons. The van der Waals surface area contributed by atoms with E-state index in [1.165, 1.54) is 18.4 Å². The van der Waals surface area contributed by atoms with Gasteiger partial charge in [-0.15, -0.1) is 0 Å². The number of nitrogens with zero attached hydrogens (tertiary/aromatic N) is 3. The molecule has 1 aromatic heterocycles. The minimum atomic E-state index is 0.204. The number of benzene rings is 1. The first kappa shape index (κ1) is 18.0. The Morgan fingerprint density at radius 2 is 1.96 bits per heavy atom. The lowest BCUT2D eigenvalue weighted by molar-refractivity contribution is -0.138. The molecular weight excluding hydrogens is 338 g/mol. The molecule has 0 atom stereocenters. The second kappa shape index (κ2) is 8.09. The van der Waals surface area contributed by atoms with Crippen LogP contribution in [-0.2, 0) is 17.8 Å². The molecule has 5 nitrogen and oxygen atoms in total. The zero-order valence-electron chi connectivity index (χ0n) is 15.9. The highest BCUT2D eigenvalue weighted by molar-refractivity contribution is 5.79. The third-order valence-electron chi connectivity index (χ3n) is 5.55. The molecule has 4 rings (SSSR count). The van der Waals surface area contributed by atoms with Gasteiger partial charge in [-0.1, -0.05) is 12.1 Å². The van der Waals surface area contributed by atoms with Crippen molar-refractivity contribution in [3.63, 3.8) is 0 Å². The molecule has 0 N–H and O–H groups in total. The standard InChI is InChI=1S/C22H27N3O2/c1-27-21-4-2-3-19(11-21)12-22(26)25-15-20(16-25)24(13-17-5-6-17)14-18-7-9-23-10-8-18/h2-4,7-11,17,20H,5-6,12-16H2,1H3. The van der Waals surface area contributed by atoms with Crippen LogP contribution in [0.15, 0.2) is 48.8 Å². The van der Waals surface area contributed by atoms with Crippen molar-refractivity contribution in [1.82, 2.24) is 14.8 Å². The van der Waals surface area contributed by atoms with Gasteiger partial charge in [-0.2, -0.15) is 0 Å². The summed E-state index contributed by atoms with van der Waals surface area (Å²) in [5.41, 5.74) is 2.31. The predicted octanol–water partition coefficient (Wildman–Crippen LogP) is 2.76. The number of ether oxygens (including phenoxy) is 1. The highest BCUT2D eigenvalue weighted by Gasteiger charge is 2.37. The van der Waals surface area contributed by atoms with Crippen LogP contribution in [-0.4, -0.2) is 53.5 Å². The molecule has 142 valence electrons. The van der Waals surface area contributed by atoms with Gasteiger partial charge in [0.25, 0.3) is 0 Å². The fourth-order valence-electron chi connectivity index (χ4n) is 3.66. The monoisotopic (exact) mass is 365 g/mol. The number of methoxy groups -OCH3 is 1. The van der Waals surface area contributed by atoms with Crippen LogP contribution in [0.5, 0.6) is 5.75 Å². The van der Waals surface area contributed by atoms with Crippen molar-refractivity contribution in [3.8, 4) is 5.75 Å². The topological polar surface area (TPSA) is 45.7 Å². The summed E-state index contributed by atoms with van der Waals surface area (Å²) in [5, 5.41) is 0. The number of hydrogen-bond acceptors (Lipinski definition) is 4. The average molecular weight is 365 g/mol. The first-order chi connectivity index (χ1) is 13.2. The van der Waals surface area contributed by atoms with Gasteiger partial charge < -0.3 is 9.64 Å². The smallest absolute Gasteiger partial charge is 0.227 e. The molecule has 1 aliphatic heterocycles. The fourth-order valence-corrected chi connectivity index (χ4v) is 3.66. The summed E-state index contributed by atoms with van der Waals surface area (Å²) < 4.78 is 5.25.